The number of benzene rings is 5. The van der Waals surface area contributed by atoms with Gasteiger partial charge in [-0.05, 0) is 45.5 Å². The van der Waals surface area contributed by atoms with Gasteiger partial charge in [0, 0.05) is 61.2 Å². The van der Waals surface area contributed by atoms with Crippen molar-refractivity contribution in [2.75, 3.05) is 79.0 Å². The Morgan fingerprint density at radius 1 is 0.345 bits per heavy atom. The number of nitrogens with zero attached hydrogens (tertiary/aromatic N) is 4. The van der Waals surface area contributed by atoms with Crippen molar-refractivity contribution in [2.24, 2.45) is 0 Å². The van der Waals surface area contributed by atoms with E-state index in [0.29, 0.717) is 52.9 Å². The SMILES string of the molecule is c1ccc2c(c1)CN1CCOCCOCCN(CCOCCOCC1)Cc1ccccc1-c1ccc(cc1)-c1ccc3ccc4ccc(nc4c3n1)-c1ccc-2cc1. The fourth-order valence-corrected chi connectivity index (χ4v) is 8.05. The second-order valence-electron chi connectivity index (χ2n) is 15.1. The molecule has 7 aromatic rings. The fraction of sp³-hybridized carbons (Fsp3) is 0.280. The van der Waals surface area contributed by atoms with Crippen LogP contribution in [0.4, 0.5) is 0 Å². The first-order valence-electron chi connectivity index (χ1n) is 20.6. The third-order valence-electron chi connectivity index (χ3n) is 11.3. The van der Waals surface area contributed by atoms with Crippen LogP contribution in [0.2, 0.25) is 0 Å². The molecule has 9 heterocycles. The van der Waals surface area contributed by atoms with Crippen LogP contribution in [0.5, 0.6) is 0 Å². The molecule has 1 fully saturated rings. The summed E-state index contributed by atoms with van der Waals surface area (Å²) < 4.78 is 24.4. The molecule has 8 heteroatoms. The molecular weight excluding hydrogens is 721 g/mol. The van der Waals surface area contributed by atoms with Crippen LogP contribution in [0.25, 0.3) is 66.6 Å². The molecule has 7 aliphatic rings. The van der Waals surface area contributed by atoms with Crippen LogP contribution in [0.15, 0.2) is 133 Å². The van der Waals surface area contributed by atoms with Crippen molar-refractivity contribution in [3.05, 3.63) is 145 Å². The molecule has 2 aromatic heterocycles. The molecule has 14 rings (SSSR count). The monoisotopic (exact) mass is 770 g/mol. The Morgan fingerprint density at radius 2 is 0.690 bits per heavy atom. The molecule has 0 spiro atoms. The van der Waals surface area contributed by atoms with Crippen molar-refractivity contribution in [3.8, 4) is 44.8 Å². The van der Waals surface area contributed by atoms with Crippen LogP contribution >= 0.6 is 0 Å². The molecule has 0 aliphatic carbocycles. The second kappa shape index (κ2) is 18.5. The third-order valence-corrected chi connectivity index (χ3v) is 11.3. The van der Waals surface area contributed by atoms with E-state index < -0.39 is 0 Å². The van der Waals surface area contributed by atoms with Gasteiger partial charge in [-0.15, -0.1) is 0 Å². The Morgan fingerprint density at radius 3 is 1.09 bits per heavy atom. The van der Waals surface area contributed by atoms with Crippen molar-refractivity contribution in [3.63, 3.8) is 0 Å². The fourth-order valence-electron chi connectivity index (χ4n) is 8.05. The summed E-state index contributed by atoms with van der Waals surface area (Å²) in [7, 11) is 0. The van der Waals surface area contributed by atoms with E-state index in [0.717, 1.165) is 83.6 Å². The van der Waals surface area contributed by atoms with E-state index in [2.05, 4.69) is 143 Å². The van der Waals surface area contributed by atoms with Crippen molar-refractivity contribution < 1.29 is 18.9 Å². The topological polar surface area (TPSA) is 69.2 Å². The van der Waals surface area contributed by atoms with E-state index in [1.54, 1.807) is 0 Å². The first kappa shape index (κ1) is 38.2. The van der Waals surface area contributed by atoms with Crippen LogP contribution in [-0.2, 0) is 32.0 Å². The van der Waals surface area contributed by atoms with Gasteiger partial charge >= 0.3 is 0 Å². The van der Waals surface area contributed by atoms with Gasteiger partial charge < -0.3 is 18.9 Å². The van der Waals surface area contributed by atoms with E-state index in [1.807, 2.05) is 0 Å². The average Bonchev–Trinajstić information content (AvgIpc) is 3.27. The molecule has 0 N–H and O–H groups in total. The highest BCUT2D eigenvalue weighted by Gasteiger charge is 2.15. The standard InChI is InChI=1S/C50H50N4O4/c1-3-7-45-37-9-13-39(14-10-37)47-21-19-41-17-18-42-20-22-48(52-50(42)49(41)51-47)40-15-11-38(12-16-40)46-8-4-2-6-44(46)36-54-25-29-57-33-31-55-27-23-53(35-43(45)5-1)24-28-56-32-34-58-30-26-54/h1-22H,23-36H2. The first-order valence-corrected chi connectivity index (χ1v) is 20.6. The van der Waals surface area contributed by atoms with Crippen LogP contribution in [0.1, 0.15) is 11.1 Å². The number of aromatic nitrogens is 2. The van der Waals surface area contributed by atoms with Gasteiger partial charge in [-0.25, -0.2) is 9.97 Å². The van der Waals surface area contributed by atoms with Crippen molar-refractivity contribution in [1.82, 2.24) is 19.8 Å². The number of ether oxygens (including phenoxy) is 4. The molecule has 294 valence electrons. The summed E-state index contributed by atoms with van der Waals surface area (Å²) in [6, 6.07) is 47.8. The van der Waals surface area contributed by atoms with Gasteiger partial charge in [-0.2, -0.15) is 0 Å². The highest BCUT2D eigenvalue weighted by Crippen LogP contribution is 2.32. The van der Waals surface area contributed by atoms with Gasteiger partial charge in [0.25, 0.3) is 0 Å². The Labute approximate surface area is 341 Å². The molecule has 5 aromatic carbocycles. The van der Waals surface area contributed by atoms with E-state index in [1.165, 1.54) is 33.4 Å². The largest absolute Gasteiger partial charge is 0.378 e. The normalized spacial score (nSPS) is 18.8. The van der Waals surface area contributed by atoms with Gasteiger partial charge in [-0.1, -0.05) is 121 Å². The van der Waals surface area contributed by atoms with Gasteiger partial charge in [0.05, 0.1) is 75.3 Å². The Kier molecular flexibility index (Phi) is 12.2. The van der Waals surface area contributed by atoms with E-state index >= 15 is 0 Å². The summed E-state index contributed by atoms with van der Waals surface area (Å²) in [5.41, 5.74) is 13.1. The van der Waals surface area contributed by atoms with Crippen molar-refractivity contribution >= 4 is 21.8 Å². The van der Waals surface area contributed by atoms with Gasteiger partial charge in [0.2, 0.25) is 0 Å². The Bertz CT molecular complexity index is 2260. The highest BCUT2D eigenvalue weighted by atomic mass is 16.5. The van der Waals surface area contributed by atoms with E-state index in [4.69, 9.17) is 28.9 Å². The summed E-state index contributed by atoms with van der Waals surface area (Å²) in [4.78, 5) is 15.3. The lowest BCUT2D eigenvalue weighted by Gasteiger charge is -2.25. The Balaban J connectivity index is 1.10. The first-order chi connectivity index (χ1) is 28.7. The molecule has 0 saturated carbocycles. The lowest BCUT2D eigenvalue weighted by Crippen LogP contribution is -2.33. The maximum absolute atomic E-state index is 6.11. The minimum atomic E-state index is 0.561. The molecule has 0 unspecified atom stereocenters. The van der Waals surface area contributed by atoms with Gasteiger partial charge in [0.1, 0.15) is 0 Å². The molecule has 58 heavy (non-hydrogen) atoms. The second-order valence-corrected chi connectivity index (χ2v) is 15.1. The third kappa shape index (κ3) is 9.03. The average molecular weight is 771 g/mol. The quantitative estimate of drug-likeness (QED) is 0.142. The maximum atomic E-state index is 6.11. The highest BCUT2D eigenvalue weighted by molar-refractivity contribution is 6.04. The van der Waals surface area contributed by atoms with Gasteiger partial charge in [-0.3, -0.25) is 9.80 Å². The van der Waals surface area contributed by atoms with Crippen LogP contribution in [0.3, 0.4) is 0 Å². The van der Waals surface area contributed by atoms with E-state index in [9.17, 15) is 0 Å². The minimum absolute atomic E-state index is 0.561. The summed E-state index contributed by atoms with van der Waals surface area (Å²) in [5, 5.41) is 2.14. The van der Waals surface area contributed by atoms with Crippen molar-refractivity contribution in [1.29, 1.82) is 0 Å². The maximum Gasteiger partial charge on any atom is 0.0972 e. The zero-order valence-electron chi connectivity index (χ0n) is 33.0. The summed E-state index contributed by atoms with van der Waals surface area (Å²) in [6.07, 6.45) is 0. The van der Waals surface area contributed by atoms with Crippen LogP contribution < -0.4 is 0 Å². The number of hydrogen-bond donors (Lipinski definition) is 0. The zero-order valence-corrected chi connectivity index (χ0v) is 33.0. The van der Waals surface area contributed by atoms with E-state index in [-0.39, 0.29) is 0 Å². The van der Waals surface area contributed by atoms with Gasteiger partial charge in [0.15, 0.2) is 0 Å². The molecule has 10 bridgehead atoms. The lowest BCUT2D eigenvalue weighted by atomic mass is 9.97. The summed E-state index contributed by atoms with van der Waals surface area (Å²) in [6.45, 7) is 9.49. The summed E-state index contributed by atoms with van der Waals surface area (Å²) >= 11 is 0. The minimum Gasteiger partial charge on any atom is -0.378 e. The molecule has 0 radical (unpaired) electrons. The zero-order chi connectivity index (χ0) is 38.9. The molecule has 0 amide bonds. The number of pyridine rings is 2. The number of rotatable bonds is 0. The smallest absolute Gasteiger partial charge is 0.0972 e. The molecule has 8 nitrogen and oxygen atoms in total. The Hall–Kier alpha value is -5.32. The number of hydrogen-bond acceptors (Lipinski definition) is 8. The molecule has 7 aliphatic heterocycles. The van der Waals surface area contributed by atoms with Crippen molar-refractivity contribution in [2.45, 2.75) is 13.1 Å². The lowest BCUT2D eigenvalue weighted by molar-refractivity contribution is 0.00627. The molecule has 1 saturated heterocycles. The molecular formula is C50H50N4O4. The van der Waals surface area contributed by atoms with Crippen LogP contribution in [-0.4, -0.2) is 98.8 Å². The molecule has 0 atom stereocenters. The summed E-state index contributed by atoms with van der Waals surface area (Å²) in [5.74, 6) is 0. The predicted octanol–water partition coefficient (Wildman–Crippen LogP) is 9.15. The predicted molar refractivity (Wildman–Crippen MR) is 233 cm³/mol. The van der Waals surface area contributed by atoms with Crippen LogP contribution in [0, 0.1) is 0 Å².